The van der Waals surface area contributed by atoms with Gasteiger partial charge in [0.15, 0.2) is 0 Å². The molecular formula is C18H31N3. The zero-order valence-corrected chi connectivity index (χ0v) is 14.2. The van der Waals surface area contributed by atoms with Crippen molar-refractivity contribution in [3.63, 3.8) is 0 Å². The number of rotatable bonds is 6. The molecule has 1 aromatic heterocycles. The molecule has 0 bridgehead atoms. The lowest BCUT2D eigenvalue weighted by Gasteiger charge is -2.38. The van der Waals surface area contributed by atoms with Gasteiger partial charge in [0.25, 0.3) is 0 Å². The summed E-state index contributed by atoms with van der Waals surface area (Å²) in [7, 11) is 0. The molecule has 2 unspecified atom stereocenters. The van der Waals surface area contributed by atoms with Gasteiger partial charge in [-0.1, -0.05) is 20.8 Å². The van der Waals surface area contributed by atoms with E-state index in [1.807, 2.05) is 0 Å². The van der Waals surface area contributed by atoms with Crippen molar-refractivity contribution in [3.8, 4) is 0 Å². The number of nitrogens with one attached hydrogen (secondary N) is 1. The molecule has 3 heteroatoms. The molecule has 1 N–H and O–H groups in total. The first-order valence-corrected chi connectivity index (χ1v) is 8.61. The van der Waals surface area contributed by atoms with Crippen LogP contribution in [-0.4, -0.2) is 24.1 Å². The number of piperidine rings is 1. The first-order valence-electron chi connectivity index (χ1n) is 8.61. The monoisotopic (exact) mass is 289 g/mol. The maximum atomic E-state index is 4.89. The van der Waals surface area contributed by atoms with Gasteiger partial charge in [0, 0.05) is 24.8 Å². The number of hydrogen-bond acceptors (Lipinski definition) is 3. The molecule has 2 atom stereocenters. The van der Waals surface area contributed by atoms with E-state index in [1.54, 1.807) is 0 Å². The Bertz CT molecular complexity index is 444. The minimum atomic E-state index is 0.609. The van der Waals surface area contributed by atoms with Gasteiger partial charge < -0.3 is 10.2 Å². The Morgan fingerprint density at radius 2 is 2.05 bits per heavy atom. The molecular weight excluding hydrogens is 258 g/mol. The average molecular weight is 289 g/mol. The van der Waals surface area contributed by atoms with Gasteiger partial charge in [-0.2, -0.15) is 0 Å². The molecule has 1 aromatic rings. The van der Waals surface area contributed by atoms with Gasteiger partial charge in [-0.3, -0.25) is 0 Å². The van der Waals surface area contributed by atoms with E-state index in [4.69, 9.17) is 4.98 Å². The summed E-state index contributed by atoms with van der Waals surface area (Å²) in [5.41, 5.74) is 2.59. The van der Waals surface area contributed by atoms with Crippen LogP contribution < -0.4 is 10.2 Å². The maximum absolute atomic E-state index is 4.89. The largest absolute Gasteiger partial charge is 0.354 e. The van der Waals surface area contributed by atoms with Crippen LogP contribution in [0.25, 0.3) is 0 Å². The Hall–Kier alpha value is -1.09. The third kappa shape index (κ3) is 4.44. The SMILES string of the molecule is CCCNCc1cc(CC)nc(N2CC(C)CCC2C)c1. The number of nitrogens with zero attached hydrogens (tertiary/aromatic N) is 2. The molecule has 2 rings (SSSR count). The van der Waals surface area contributed by atoms with Crippen molar-refractivity contribution >= 4 is 5.82 Å². The Morgan fingerprint density at radius 1 is 1.24 bits per heavy atom. The Kier molecular flexibility index (Phi) is 6.04. The lowest BCUT2D eigenvalue weighted by Crippen LogP contribution is -2.41. The second-order valence-electron chi connectivity index (χ2n) is 6.54. The molecule has 21 heavy (non-hydrogen) atoms. The van der Waals surface area contributed by atoms with Crippen molar-refractivity contribution < 1.29 is 0 Å². The normalized spacial score (nSPS) is 22.6. The van der Waals surface area contributed by atoms with Gasteiger partial charge in [0.2, 0.25) is 0 Å². The van der Waals surface area contributed by atoms with Crippen LogP contribution in [0.2, 0.25) is 0 Å². The highest BCUT2D eigenvalue weighted by Crippen LogP contribution is 2.27. The van der Waals surface area contributed by atoms with Gasteiger partial charge in [-0.15, -0.1) is 0 Å². The van der Waals surface area contributed by atoms with E-state index >= 15 is 0 Å². The van der Waals surface area contributed by atoms with Crippen molar-refractivity contribution in [1.82, 2.24) is 10.3 Å². The average Bonchev–Trinajstić information content (AvgIpc) is 2.49. The predicted octanol–water partition coefficient (Wildman–Crippen LogP) is 3.77. The van der Waals surface area contributed by atoms with Crippen LogP contribution in [-0.2, 0) is 13.0 Å². The molecule has 0 saturated carbocycles. The predicted molar refractivity (Wildman–Crippen MR) is 90.8 cm³/mol. The molecule has 0 aliphatic carbocycles. The smallest absolute Gasteiger partial charge is 0.129 e. The van der Waals surface area contributed by atoms with Gasteiger partial charge in [-0.25, -0.2) is 4.98 Å². The highest BCUT2D eigenvalue weighted by Gasteiger charge is 2.24. The number of hydrogen-bond donors (Lipinski definition) is 1. The van der Waals surface area contributed by atoms with Crippen LogP contribution in [0.3, 0.4) is 0 Å². The molecule has 0 amide bonds. The molecule has 1 aliphatic rings. The highest BCUT2D eigenvalue weighted by atomic mass is 15.2. The van der Waals surface area contributed by atoms with Crippen molar-refractivity contribution in [2.75, 3.05) is 18.0 Å². The van der Waals surface area contributed by atoms with Crippen molar-refractivity contribution in [3.05, 3.63) is 23.4 Å². The summed E-state index contributed by atoms with van der Waals surface area (Å²) >= 11 is 0. The fourth-order valence-corrected chi connectivity index (χ4v) is 3.08. The second kappa shape index (κ2) is 7.79. The number of anilines is 1. The van der Waals surface area contributed by atoms with E-state index in [0.29, 0.717) is 6.04 Å². The summed E-state index contributed by atoms with van der Waals surface area (Å²) in [6.07, 6.45) is 4.81. The van der Waals surface area contributed by atoms with Crippen LogP contribution in [0.4, 0.5) is 5.82 Å². The lowest BCUT2D eigenvalue weighted by molar-refractivity contribution is 0.388. The topological polar surface area (TPSA) is 28.2 Å². The zero-order valence-electron chi connectivity index (χ0n) is 14.2. The number of pyridine rings is 1. The first kappa shape index (κ1) is 16.3. The second-order valence-corrected chi connectivity index (χ2v) is 6.54. The molecule has 0 spiro atoms. The van der Waals surface area contributed by atoms with Crippen molar-refractivity contribution in [1.29, 1.82) is 0 Å². The van der Waals surface area contributed by atoms with Crippen LogP contribution >= 0.6 is 0 Å². The Morgan fingerprint density at radius 3 is 2.76 bits per heavy atom. The fraction of sp³-hybridized carbons (Fsp3) is 0.722. The number of aryl methyl sites for hydroxylation is 1. The molecule has 118 valence electrons. The van der Waals surface area contributed by atoms with E-state index in [9.17, 15) is 0 Å². The minimum Gasteiger partial charge on any atom is -0.354 e. The summed E-state index contributed by atoms with van der Waals surface area (Å²) in [6, 6.07) is 5.15. The van der Waals surface area contributed by atoms with Crippen molar-refractivity contribution in [2.24, 2.45) is 5.92 Å². The minimum absolute atomic E-state index is 0.609. The molecule has 1 aliphatic heterocycles. The van der Waals surface area contributed by atoms with Gasteiger partial charge in [-0.05, 0) is 62.8 Å². The summed E-state index contributed by atoms with van der Waals surface area (Å²) in [4.78, 5) is 7.40. The summed E-state index contributed by atoms with van der Waals surface area (Å²) in [6.45, 7) is 12.3. The Balaban J connectivity index is 2.18. The van der Waals surface area contributed by atoms with E-state index in [-0.39, 0.29) is 0 Å². The Labute approximate surface area is 130 Å². The molecule has 2 heterocycles. The standard InChI is InChI=1S/C18H31N3/c1-5-9-19-12-16-10-17(6-2)20-18(11-16)21-13-14(3)7-8-15(21)4/h10-11,14-15,19H,5-9,12-13H2,1-4H3. The number of aromatic nitrogens is 1. The maximum Gasteiger partial charge on any atom is 0.129 e. The molecule has 3 nitrogen and oxygen atoms in total. The van der Waals surface area contributed by atoms with Gasteiger partial charge >= 0.3 is 0 Å². The summed E-state index contributed by atoms with van der Waals surface area (Å²) < 4.78 is 0. The van der Waals surface area contributed by atoms with E-state index in [2.05, 4.69) is 50.0 Å². The molecule has 0 aromatic carbocycles. The van der Waals surface area contributed by atoms with Crippen LogP contribution in [0.5, 0.6) is 0 Å². The van der Waals surface area contributed by atoms with Crippen LogP contribution in [0, 0.1) is 5.92 Å². The van der Waals surface area contributed by atoms with Gasteiger partial charge in [0.1, 0.15) is 5.82 Å². The van der Waals surface area contributed by atoms with Gasteiger partial charge in [0.05, 0.1) is 0 Å². The molecule has 0 radical (unpaired) electrons. The highest BCUT2D eigenvalue weighted by molar-refractivity contribution is 5.44. The molecule has 1 fully saturated rings. The third-order valence-electron chi connectivity index (χ3n) is 4.45. The van der Waals surface area contributed by atoms with Crippen LogP contribution in [0.15, 0.2) is 12.1 Å². The summed E-state index contributed by atoms with van der Waals surface area (Å²) in [5, 5.41) is 3.51. The van der Waals surface area contributed by atoms with E-state index < -0.39 is 0 Å². The lowest BCUT2D eigenvalue weighted by atomic mass is 9.95. The van der Waals surface area contributed by atoms with Crippen molar-refractivity contribution in [2.45, 2.75) is 66.0 Å². The van der Waals surface area contributed by atoms with Crippen LogP contribution in [0.1, 0.15) is 58.2 Å². The third-order valence-corrected chi connectivity index (χ3v) is 4.45. The fourth-order valence-electron chi connectivity index (χ4n) is 3.08. The van der Waals surface area contributed by atoms with E-state index in [1.165, 1.54) is 36.3 Å². The van der Waals surface area contributed by atoms with E-state index in [0.717, 1.165) is 32.0 Å². The quantitative estimate of drug-likeness (QED) is 0.808. The zero-order chi connectivity index (χ0) is 15.2. The summed E-state index contributed by atoms with van der Waals surface area (Å²) in [5.74, 6) is 1.96. The molecule has 1 saturated heterocycles. The first-order chi connectivity index (χ1) is 10.1.